The van der Waals surface area contributed by atoms with Gasteiger partial charge in [0.15, 0.2) is 0 Å². The predicted octanol–water partition coefficient (Wildman–Crippen LogP) is 3.10. The number of aliphatic carboxylic acids is 1. The normalized spacial score (nSPS) is 27.5. The van der Waals surface area contributed by atoms with Crippen LogP contribution in [0.2, 0.25) is 0 Å². The van der Waals surface area contributed by atoms with E-state index in [0.717, 1.165) is 24.7 Å². The van der Waals surface area contributed by atoms with Gasteiger partial charge in [0, 0.05) is 19.1 Å². The summed E-state index contributed by atoms with van der Waals surface area (Å²) < 4.78 is 0. The first kappa shape index (κ1) is 17.1. The van der Waals surface area contributed by atoms with Gasteiger partial charge in [0.25, 0.3) is 0 Å². The molecule has 2 fully saturated rings. The molecule has 0 aromatic rings. The Morgan fingerprint density at radius 3 is 2.32 bits per heavy atom. The largest absolute Gasteiger partial charge is 0.481 e. The standard InChI is InChI=1S/C17H30N2O3/c1-12(2)13-4-3-5-15(7-6-13)18-17(22)19-10-8-14(9-11-19)16(20)21/h12-15H,3-11H2,1-2H3,(H,18,22)(H,20,21). The Kier molecular flexibility index (Phi) is 6.09. The van der Waals surface area contributed by atoms with Crippen LogP contribution in [-0.2, 0) is 4.79 Å². The Labute approximate surface area is 133 Å². The number of carboxylic acid groups (broad SMARTS) is 1. The summed E-state index contributed by atoms with van der Waals surface area (Å²) in [4.78, 5) is 25.1. The van der Waals surface area contributed by atoms with Crippen molar-refractivity contribution in [2.24, 2.45) is 17.8 Å². The maximum atomic E-state index is 12.3. The number of carbonyl (C=O) groups excluding carboxylic acids is 1. The van der Waals surface area contributed by atoms with E-state index in [9.17, 15) is 9.59 Å². The van der Waals surface area contributed by atoms with Gasteiger partial charge < -0.3 is 15.3 Å². The van der Waals surface area contributed by atoms with Gasteiger partial charge in [0.05, 0.1) is 5.92 Å². The molecule has 2 aliphatic rings. The maximum absolute atomic E-state index is 12.3. The van der Waals surface area contributed by atoms with Gasteiger partial charge >= 0.3 is 12.0 Å². The van der Waals surface area contributed by atoms with Gasteiger partial charge in [-0.3, -0.25) is 4.79 Å². The van der Waals surface area contributed by atoms with Crippen molar-refractivity contribution in [3.8, 4) is 0 Å². The Bertz CT molecular complexity index is 389. The minimum Gasteiger partial charge on any atom is -0.481 e. The van der Waals surface area contributed by atoms with Crippen molar-refractivity contribution in [3.63, 3.8) is 0 Å². The Morgan fingerprint density at radius 2 is 1.73 bits per heavy atom. The van der Waals surface area contributed by atoms with Crippen LogP contribution in [0, 0.1) is 17.8 Å². The van der Waals surface area contributed by atoms with Crippen molar-refractivity contribution in [1.29, 1.82) is 0 Å². The van der Waals surface area contributed by atoms with E-state index in [4.69, 9.17) is 5.11 Å². The second-order valence-electron chi connectivity index (χ2n) is 7.26. The zero-order valence-corrected chi connectivity index (χ0v) is 13.9. The molecule has 126 valence electrons. The first-order chi connectivity index (χ1) is 10.5. The third-order valence-electron chi connectivity index (χ3n) is 5.42. The van der Waals surface area contributed by atoms with Gasteiger partial charge in [0.1, 0.15) is 0 Å². The van der Waals surface area contributed by atoms with Gasteiger partial charge in [-0.2, -0.15) is 0 Å². The highest BCUT2D eigenvalue weighted by atomic mass is 16.4. The summed E-state index contributed by atoms with van der Waals surface area (Å²) in [5.74, 6) is 0.495. The molecule has 1 aliphatic heterocycles. The fourth-order valence-electron chi connectivity index (χ4n) is 3.74. The molecule has 0 aromatic carbocycles. The quantitative estimate of drug-likeness (QED) is 0.787. The molecular weight excluding hydrogens is 280 g/mol. The molecule has 2 N–H and O–H groups in total. The van der Waals surface area contributed by atoms with Gasteiger partial charge in [-0.05, 0) is 43.9 Å². The van der Waals surface area contributed by atoms with Crippen molar-refractivity contribution >= 4 is 12.0 Å². The lowest BCUT2D eigenvalue weighted by atomic mass is 9.89. The second-order valence-corrected chi connectivity index (χ2v) is 7.26. The van der Waals surface area contributed by atoms with E-state index in [2.05, 4.69) is 19.2 Å². The van der Waals surface area contributed by atoms with Crippen LogP contribution < -0.4 is 5.32 Å². The van der Waals surface area contributed by atoms with Crippen LogP contribution in [0.5, 0.6) is 0 Å². The molecule has 0 spiro atoms. The summed E-state index contributed by atoms with van der Waals surface area (Å²) in [6.07, 6.45) is 6.94. The summed E-state index contributed by atoms with van der Waals surface area (Å²) in [5, 5.41) is 12.2. The topological polar surface area (TPSA) is 69.6 Å². The number of likely N-dealkylation sites (tertiary alicyclic amines) is 1. The fourth-order valence-corrected chi connectivity index (χ4v) is 3.74. The van der Waals surface area contributed by atoms with Crippen LogP contribution in [0.4, 0.5) is 4.79 Å². The number of piperidine rings is 1. The summed E-state index contributed by atoms with van der Waals surface area (Å²) in [6, 6.07) is 0.283. The molecule has 1 saturated heterocycles. The van der Waals surface area contributed by atoms with E-state index in [1.165, 1.54) is 19.3 Å². The number of nitrogens with one attached hydrogen (secondary N) is 1. The second kappa shape index (κ2) is 7.84. The number of rotatable bonds is 3. The number of carbonyl (C=O) groups is 2. The number of nitrogens with zero attached hydrogens (tertiary/aromatic N) is 1. The summed E-state index contributed by atoms with van der Waals surface area (Å²) in [6.45, 7) is 5.70. The monoisotopic (exact) mass is 310 g/mol. The van der Waals surface area contributed by atoms with E-state index in [-0.39, 0.29) is 18.0 Å². The molecular formula is C17H30N2O3. The van der Waals surface area contributed by atoms with Crippen LogP contribution >= 0.6 is 0 Å². The lowest BCUT2D eigenvalue weighted by Crippen LogP contribution is -2.48. The van der Waals surface area contributed by atoms with Crippen LogP contribution in [0.3, 0.4) is 0 Å². The lowest BCUT2D eigenvalue weighted by molar-refractivity contribution is -0.143. The minimum atomic E-state index is -0.733. The highest BCUT2D eigenvalue weighted by molar-refractivity contribution is 5.75. The number of hydrogen-bond acceptors (Lipinski definition) is 2. The predicted molar refractivity (Wildman–Crippen MR) is 85.7 cm³/mol. The Morgan fingerprint density at radius 1 is 1.05 bits per heavy atom. The molecule has 2 unspecified atom stereocenters. The zero-order valence-electron chi connectivity index (χ0n) is 13.9. The first-order valence-corrected chi connectivity index (χ1v) is 8.75. The summed E-state index contributed by atoms with van der Waals surface area (Å²) >= 11 is 0. The third kappa shape index (κ3) is 4.62. The lowest BCUT2D eigenvalue weighted by Gasteiger charge is -2.31. The van der Waals surface area contributed by atoms with Crippen LogP contribution in [0.1, 0.15) is 58.8 Å². The van der Waals surface area contributed by atoms with E-state index >= 15 is 0 Å². The average Bonchev–Trinajstić information content (AvgIpc) is 2.73. The van der Waals surface area contributed by atoms with Gasteiger partial charge in [-0.25, -0.2) is 4.79 Å². The van der Waals surface area contributed by atoms with E-state index in [1.807, 2.05) is 0 Å². The molecule has 1 saturated carbocycles. The molecule has 2 rings (SSSR count). The van der Waals surface area contributed by atoms with Crippen LogP contribution in [-0.4, -0.2) is 41.1 Å². The van der Waals surface area contributed by atoms with Gasteiger partial charge in [-0.1, -0.05) is 26.7 Å². The highest BCUT2D eigenvalue weighted by Crippen LogP contribution is 2.29. The molecule has 2 atom stereocenters. The summed E-state index contributed by atoms with van der Waals surface area (Å²) in [5.41, 5.74) is 0. The molecule has 5 heteroatoms. The number of carboxylic acids is 1. The molecule has 1 heterocycles. The van der Waals surface area contributed by atoms with Crippen molar-refractivity contribution in [3.05, 3.63) is 0 Å². The third-order valence-corrected chi connectivity index (χ3v) is 5.42. The van der Waals surface area contributed by atoms with E-state index < -0.39 is 5.97 Å². The smallest absolute Gasteiger partial charge is 0.317 e. The molecule has 5 nitrogen and oxygen atoms in total. The SMILES string of the molecule is CC(C)C1CCCC(NC(=O)N2CCC(C(=O)O)CC2)CC1. The number of hydrogen-bond donors (Lipinski definition) is 2. The van der Waals surface area contributed by atoms with Crippen molar-refractivity contribution in [1.82, 2.24) is 10.2 Å². The van der Waals surface area contributed by atoms with Crippen molar-refractivity contribution in [2.75, 3.05) is 13.1 Å². The van der Waals surface area contributed by atoms with Crippen molar-refractivity contribution in [2.45, 2.75) is 64.8 Å². The molecule has 22 heavy (non-hydrogen) atoms. The highest BCUT2D eigenvalue weighted by Gasteiger charge is 2.28. The molecule has 1 aliphatic carbocycles. The van der Waals surface area contributed by atoms with Gasteiger partial charge in [-0.15, -0.1) is 0 Å². The molecule has 2 amide bonds. The average molecular weight is 310 g/mol. The molecule has 0 bridgehead atoms. The molecule has 0 radical (unpaired) electrons. The van der Waals surface area contributed by atoms with Crippen LogP contribution in [0.25, 0.3) is 0 Å². The van der Waals surface area contributed by atoms with Gasteiger partial charge in [0.2, 0.25) is 0 Å². The van der Waals surface area contributed by atoms with Crippen LogP contribution in [0.15, 0.2) is 0 Å². The zero-order chi connectivity index (χ0) is 16.1. The number of amides is 2. The Hall–Kier alpha value is -1.26. The number of urea groups is 1. The summed E-state index contributed by atoms with van der Waals surface area (Å²) in [7, 11) is 0. The minimum absolute atomic E-state index is 0.00293. The maximum Gasteiger partial charge on any atom is 0.317 e. The van der Waals surface area contributed by atoms with E-state index in [0.29, 0.717) is 25.9 Å². The van der Waals surface area contributed by atoms with Crippen molar-refractivity contribution < 1.29 is 14.7 Å². The van der Waals surface area contributed by atoms with E-state index in [1.54, 1.807) is 4.90 Å². The fraction of sp³-hybridized carbons (Fsp3) is 0.882. The first-order valence-electron chi connectivity index (χ1n) is 8.75. The Balaban J connectivity index is 1.76. The molecule has 0 aromatic heterocycles.